The fraction of sp³-hybridized carbons (Fsp3) is 0.143. The van der Waals surface area contributed by atoms with Gasteiger partial charge in [-0.05, 0) is 35.9 Å². The highest BCUT2D eigenvalue weighted by atomic mass is 79.9. The van der Waals surface area contributed by atoms with Crippen LogP contribution in [0.1, 0.15) is 16.0 Å². The Morgan fingerprint density at radius 3 is 2.53 bits per heavy atom. The Morgan fingerprint density at radius 1 is 1.16 bits per heavy atom. The minimum atomic E-state index is -0.352. The van der Waals surface area contributed by atoms with Crippen LogP contribution in [0.5, 0.6) is 5.75 Å². The van der Waals surface area contributed by atoms with Crippen molar-refractivity contribution < 1.29 is 9.13 Å². The van der Waals surface area contributed by atoms with Gasteiger partial charge in [0.15, 0.2) is 0 Å². The molecule has 0 radical (unpaired) electrons. The van der Waals surface area contributed by atoms with Crippen LogP contribution < -0.4 is 4.74 Å². The molecule has 0 aliphatic rings. The number of methoxy groups -OCH3 is 1. The maximum Gasteiger partial charge on any atom is 0.124 e. The molecule has 0 saturated carbocycles. The zero-order valence-electron chi connectivity index (χ0n) is 9.96. The van der Waals surface area contributed by atoms with Crippen molar-refractivity contribution >= 4 is 43.5 Å². The van der Waals surface area contributed by atoms with E-state index in [0.29, 0.717) is 5.02 Å². The van der Waals surface area contributed by atoms with Crippen LogP contribution in [-0.4, -0.2) is 7.11 Å². The standard InChI is InChI=1S/C14H10Br2ClFO/c1-19-13-5-2-8(15)6-11(13)14(16)10-4-3-9(18)7-12(10)17/h2-7,14H,1H3. The molecule has 0 fully saturated rings. The number of halogens is 4. The minimum Gasteiger partial charge on any atom is -0.496 e. The molecule has 0 heterocycles. The van der Waals surface area contributed by atoms with Crippen LogP contribution in [0.2, 0.25) is 5.02 Å². The maximum atomic E-state index is 13.1. The third-order valence-corrected chi connectivity index (χ3v) is 4.51. The quantitative estimate of drug-likeness (QED) is 0.589. The van der Waals surface area contributed by atoms with Gasteiger partial charge >= 0.3 is 0 Å². The van der Waals surface area contributed by atoms with Gasteiger partial charge < -0.3 is 4.74 Å². The van der Waals surface area contributed by atoms with E-state index in [1.165, 1.54) is 12.1 Å². The van der Waals surface area contributed by atoms with Crippen molar-refractivity contribution in [2.75, 3.05) is 7.11 Å². The van der Waals surface area contributed by atoms with Gasteiger partial charge in [0.2, 0.25) is 0 Å². The van der Waals surface area contributed by atoms with Crippen LogP contribution in [-0.2, 0) is 0 Å². The highest BCUT2D eigenvalue weighted by Crippen LogP contribution is 2.40. The molecule has 0 aromatic heterocycles. The average molecular weight is 408 g/mol. The highest BCUT2D eigenvalue weighted by Gasteiger charge is 2.18. The van der Waals surface area contributed by atoms with Crippen LogP contribution in [0.15, 0.2) is 40.9 Å². The summed E-state index contributed by atoms with van der Waals surface area (Å²) in [6.07, 6.45) is 0. The predicted molar refractivity (Wildman–Crippen MR) is 82.9 cm³/mol. The molecular weight excluding hydrogens is 398 g/mol. The maximum absolute atomic E-state index is 13.1. The fourth-order valence-corrected chi connectivity index (χ4v) is 3.32. The molecule has 1 atom stereocenters. The van der Waals surface area contributed by atoms with Gasteiger partial charge in [-0.1, -0.05) is 49.5 Å². The molecule has 2 aromatic rings. The molecule has 0 aliphatic heterocycles. The summed E-state index contributed by atoms with van der Waals surface area (Å²) in [5, 5.41) is 0.379. The van der Waals surface area contributed by atoms with Gasteiger partial charge in [-0.25, -0.2) is 4.39 Å². The second-order valence-corrected chi connectivity index (χ2v) is 6.15. The molecule has 19 heavy (non-hydrogen) atoms. The Kier molecular flexibility index (Phi) is 4.87. The first-order chi connectivity index (χ1) is 9.02. The molecule has 2 aromatic carbocycles. The van der Waals surface area contributed by atoms with Gasteiger partial charge in [0.25, 0.3) is 0 Å². The van der Waals surface area contributed by atoms with E-state index in [4.69, 9.17) is 16.3 Å². The Bertz CT molecular complexity index is 604. The Hall–Kier alpha value is -0.580. The lowest BCUT2D eigenvalue weighted by Crippen LogP contribution is -1.98. The molecule has 2 rings (SSSR count). The van der Waals surface area contributed by atoms with E-state index in [0.717, 1.165) is 21.3 Å². The second kappa shape index (κ2) is 6.25. The van der Waals surface area contributed by atoms with Crippen LogP contribution in [0.3, 0.4) is 0 Å². The Balaban J connectivity index is 2.49. The van der Waals surface area contributed by atoms with Gasteiger partial charge in [-0.2, -0.15) is 0 Å². The predicted octanol–water partition coefficient (Wildman–Crippen LogP) is 5.73. The van der Waals surface area contributed by atoms with Gasteiger partial charge in [0.1, 0.15) is 11.6 Å². The van der Waals surface area contributed by atoms with Crippen molar-refractivity contribution in [2.45, 2.75) is 4.83 Å². The smallest absolute Gasteiger partial charge is 0.124 e. The first-order valence-electron chi connectivity index (χ1n) is 5.45. The number of hydrogen-bond donors (Lipinski definition) is 0. The number of rotatable bonds is 3. The summed E-state index contributed by atoms with van der Waals surface area (Å²) >= 11 is 13.1. The van der Waals surface area contributed by atoms with E-state index in [2.05, 4.69) is 31.9 Å². The normalized spacial score (nSPS) is 12.3. The van der Waals surface area contributed by atoms with Gasteiger partial charge in [0.05, 0.1) is 11.9 Å². The van der Waals surface area contributed by atoms with E-state index < -0.39 is 0 Å². The lowest BCUT2D eigenvalue weighted by Gasteiger charge is -2.16. The van der Waals surface area contributed by atoms with Gasteiger partial charge in [-0.15, -0.1) is 0 Å². The topological polar surface area (TPSA) is 9.23 Å². The van der Waals surface area contributed by atoms with Crippen molar-refractivity contribution in [3.63, 3.8) is 0 Å². The van der Waals surface area contributed by atoms with Crippen LogP contribution >= 0.6 is 43.5 Å². The molecule has 0 N–H and O–H groups in total. The van der Waals surface area contributed by atoms with E-state index in [1.807, 2.05) is 18.2 Å². The summed E-state index contributed by atoms with van der Waals surface area (Å²) in [5.74, 6) is 0.389. The Labute approximate surface area is 133 Å². The lowest BCUT2D eigenvalue weighted by molar-refractivity contribution is 0.410. The summed E-state index contributed by atoms with van der Waals surface area (Å²) in [6, 6.07) is 10.1. The highest BCUT2D eigenvalue weighted by molar-refractivity contribution is 9.10. The number of ether oxygens (including phenoxy) is 1. The van der Waals surface area contributed by atoms with E-state index >= 15 is 0 Å². The zero-order chi connectivity index (χ0) is 14.0. The number of benzene rings is 2. The zero-order valence-corrected chi connectivity index (χ0v) is 13.9. The van der Waals surface area contributed by atoms with E-state index in [-0.39, 0.29) is 10.6 Å². The first kappa shape index (κ1) is 14.8. The summed E-state index contributed by atoms with van der Waals surface area (Å²) in [4.78, 5) is -0.173. The average Bonchev–Trinajstić information content (AvgIpc) is 2.38. The molecule has 1 unspecified atom stereocenters. The van der Waals surface area contributed by atoms with Crippen molar-refractivity contribution in [3.8, 4) is 5.75 Å². The minimum absolute atomic E-state index is 0.173. The third-order valence-electron chi connectivity index (χ3n) is 2.70. The van der Waals surface area contributed by atoms with Gasteiger partial charge in [0, 0.05) is 15.1 Å². The van der Waals surface area contributed by atoms with Crippen LogP contribution in [0.25, 0.3) is 0 Å². The Morgan fingerprint density at radius 2 is 1.89 bits per heavy atom. The molecule has 0 bridgehead atoms. The number of hydrogen-bond acceptors (Lipinski definition) is 1. The molecule has 1 nitrogen and oxygen atoms in total. The molecule has 0 saturated heterocycles. The molecule has 100 valence electrons. The van der Waals surface area contributed by atoms with Crippen molar-refractivity contribution in [2.24, 2.45) is 0 Å². The van der Waals surface area contributed by atoms with Gasteiger partial charge in [-0.3, -0.25) is 0 Å². The van der Waals surface area contributed by atoms with E-state index in [1.54, 1.807) is 13.2 Å². The summed E-state index contributed by atoms with van der Waals surface area (Å²) < 4.78 is 19.4. The van der Waals surface area contributed by atoms with Crippen molar-refractivity contribution in [1.82, 2.24) is 0 Å². The molecule has 5 heteroatoms. The summed E-state index contributed by atoms with van der Waals surface area (Å²) in [7, 11) is 1.61. The van der Waals surface area contributed by atoms with Crippen molar-refractivity contribution in [1.29, 1.82) is 0 Å². The lowest BCUT2D eigenvalue weighted by atomic mass is 10.0. The SMILES string of the molecule is COc1ccc(Br)cc1C(Br)c1ccc(F)cc1Cl. The fourth-order valence-electron chi connectivity index (χ4n) is 1.78. The second-order valence-electron chi connectivity index (χ2n) is 3.91. The van der Waals surface area contributed by atoms with Crippen LogP contribution in [0.4, 0.5) is 4.39 Å². The van der Waals surface area contributed by atoms with E-state index in [9.17, 15) is 4.39 Å². The third kappa shape index (κ3) is 3.30. The molecule has 0 amide bonds. The summed E-state index contributed by atoms with van der Waals surface area (Å²) in [6.45, 7) is 0. The molecule has 0 aliphatic carbocycles. The molecular formula is C14H10Br2ClFO. The number of alkyl halides is 1. The van der Waals surface area contributed by atoms with Crippen LogP contribution in [0, 0.1) is 5.82 Å². The first-order valence-corrected chi connectivity index (χ1v) is 7.54. The molecule has 0 spiro atoms. The summed E-state index contributed by atoms with van der Waals surface area (Å²) in [5.41, 5.74) is 1.71. The van der Waals surface area contributed by atoms with Crippen molar-refractivity contribution in [3.05, 3.63) is 62.8 Å². The largest absolute Gasteiger partial charge is 0.496 e. The monoisotopic (exact) mass is 406 g/mol.